The zero-order chi connectivity index (χ0) is 6.41. The Labute approximate surface area is 49.5 Å². The Kier molecular flexibility index (Phi) is 4.32. The molecule has 2 nitrogen and oxygen atoms in total. The highest BCUT2D eigenvalue weighted by atomic mass is 16.4. The van der Waals surface area contributed by atoms with Crippen LogP contribution in [0.5, 0.6) is 0 Å². The quantitative estimate of drug-likeness (QED) is 0.508. The standard InChI is InChI=1S/C6H10O2/c1-2-3-4-5-6(7)8/h1-5H2. The third-order valence-corrected chi connectivity index (χ3v) is 0.881. The van der Waals surface area contributed by atoms with Gasteiger partial charge in [0.15, 0.2) is 0 Å². The van der Waals surface area contributed by atoms with Crippen molar-refractivity contribution in [2.45, 2.75) is 25.7 Å². The summed E-state index contributed by atoms with van der Waals surface area (Å²) < 4.78 is 0. The second kappa shape index (κ2) is 4.62. The minimum Gasteiger partial charge on any atom is -0.247 e. The average molecular weight is 114 g/mol. The Morgan fingerprint density at radius 2 is 2.00 bits per heavy atom. The van der Waals surface area contributed by atoms with Gasteiger partial charge >= 0.3 is 5.97 Å². The summed E-state index contributed by atoms with van der Waals surface area (Å²) >= 11 is 0. The van der Waals surface area contributed by atoms with E-state index in [-0.39, 0.29) is 6.42 Å². The van der Waals surface area contributed by atoms with Crippen LogP contribution in [0.25, 0.3) is 0 Å². The molecule has 8 heavy (non-hydrogen) atoms. The summed E-state index contributed by atoms with van der Waals surface area (Å²) in [5, 5.41) is 9.74. The largest absolute Gasteiger partial charge is 0.355 e. The molecule has 0 heterocycles. The molecule has 0 atom stereocenters. The zero-order valence-electron chi connectivity index (χ0n) is 4.85. The van der Waals surface area contributed by atoms with Gasteiger partial charge in [-0.15, -0.1) is 0 Å². The Balaban J connectivity index is 2.82. The summed E-state index contributed by atoms with van der Waals surface area (Å²) in [5.74, 6) is -0.960. The predicted octanol–water partition coefficient (Wildman–Crippen LogP) is 1.34. The van der Waals surface area contributed by atoms with Crippen LogP contribution >= 0.6 is 0 Å². The average Bonchev–Trinajstić information content (AvgIpc) is 1.66. The lowest BCUT2D eigenvalue weighted by Crippen LogP contribution is -1.90. The van der Waals surface area contributed by atoms with Gasteiger partial charge in [0, 0.05) is 0 Å². The summed E-state index contributed by atoms with van der Waals surface area (Å²) in [5.41, 5.74) is 0. The van der Waals surface area contributed by atoms with Gasteiger partial charge in [-0.2, -0.15) is 0 Å². The van der Waals surface area contributed by atoms with Crippen molar-refractivity contribution in [3.05, 3.63) is 6.92 Å². The lowest BCUT2D eigenvalue weighted by molar-refractivity contribution is -0.143. The lowest BCUT2D eigenvalue weighted by Gasteiger charge is -1.87. The Morgan fingerprint density at radius 3 is 2.38 bits per heavy atom. The maximum absolute atomic E-state index is 9.74. The molecule has 46 valence electrons. The first-order valence-corrected chi connectivity index (χ1v) is 2.76. The molecular formula is C6H10O2. The number of unbranched alkanes of at least 4 members (excludes halogenated alkanes) is 2. The van der Waals surface area contributed by atoms with Crippen LogP contribution in [0.2, 0.25) is 0 Å². The molecule has 0 aliphatic heterocycles. The molecule has 0 bridgehead atoms. The highest BCUT2D eigenvalue weighted by Crippen LogP contribution is 1.97. The Bertz CT molecular complexity index is 68.9. The summed E-state index contributed by atoms with van der Waals surface area (Å²) in [4.78, 5) is 9.74. The van der Waals surface area contributed by atoms with Crippen molar-refractivity contribution in [1.82, 2.24) is 0 Å². The fourth-order valence-corrected chi connectivity index (χ4v) is 0.446. The van der Waals surface area contributed by atoms with E-state index in [1.54, 1.807) is 0 Å². The van der Waals surface area contributed by atoms with Crippen LogP contribution in [-0.2, 0) is 9.90 Å². The first-order chi connectivity index (χ1) is 3.77. The molecule has 0 N–H and O–H groups in total. The molecule has 0 aliphatic carbocycles. The van der Waals surface area contributed by atoms with Crippen molar-refractivity contribution in [3.63, 3.8) is 0 Å². The van der Waals surface area contributed by atoms with Gasteiger partial charge in [-0.1, -0.05) is 19.8 Å². The molecule has 0 aliphatic rings. The molecule has 0 rings (SSSR count). The lowest BCUT2D eigenvalue weighted by atomic mass is 10.2. The van der Waals surface area contributed by atoms with Gasteiger partial charge in [0.25, 0.3) is 0 Å². The van der Waals surface area contributed by atoms with Gasteiger partial charge < -0.3 is 0 Å². The maximum atomic E-state index is 9.74. The minimum absolute atomic E-state index is 0.176. The van der Waals surface area contributed by atoms with Crippen molar-refractivity contribution in [2.24, 2.45) is 0 Å². The van der Waals surface area contributed by atoms with Gasteiger partial charge in [-0.25, -0.2) is 9.90 Å². The van der Waals surface area contributed by atoms with E-state index >= 15 is 0 Å². The van der Waals surface area contributed by atoms with Gasteiger partial charge in [-0.3, -0.25) is 0 Å². The van der Waals surface area contributed by atoms with E-state index in [1.807, 2.05) is 0 Å². The first-order valence-electron chi connectivity index (χ1n) is 2.76. The van der Waals surface area contributed by atoms with Crippen LogP contribution in [0, 0.1) is 6.92 Å². The van der Waals surface area contributed by atoms with Crippen LogP contribution in [-0.4, -0.2) is 5.97 Å². The van der Waals surface area contributed by atoms with E-state index < -0.39 is 5.97 Å². The zero-order valence-corrected chi connectivity index (χ0v) is 4.85. The number of hydrogen-bond acceptors (Lipinski definition) is 1. The smallest absolute Gasteiger partial charge is 0.247 e. The summed E-state index contributed by atoms with van der Waals surface area (Å²) in [6.07, 6.45) is 2.57. The molecule has 2 heteroatoms. The molecule has 0 fully saturated rings. The summed E-state index contributed by atoms with van der Waals surface area (Å²) in [6, 6.07) is 0. The van der Waals surface area contributed by atoms with Gasteiger partial charge in [0.1, 0.15) is 0 Å². The number of carbonyl (C=O) groups excluding carboxylic acids is 1. The number of rotatable bonds is 4. The molecule has 0 amide bonds. The normalized spacial score (nSPS) is 9.12. The molecule has 0 aromatic rings. The SMILES string of the molecule is [CH2]CCCCC([O])=O. The molecule has 0 aromatic carbocycles. The second-order valence-corrected chi connectivity index (χ2v) is 1.68. The molecule has 0 saturated carbocycles. The second-order valence-electron chi connectivity index (χ2n) is 1.68. The van der Waals surface area contributed by atoms with Crippen LogP contribution in [0.15, 0.2) is 0 Å². The van der Waals surface area contributed by atoms with Crippen LogP contribution in [0.4, 0.5) is 0 Å². The minimum atomic E-state index is -0.960. The van der Waals surface area contributed by atoms with E-state index in [1.165, 1.54) is 0 Å². The third-order valence-electron chi connectivity index (χ3n) is 0.881. The van der Waals surface area contributed by atoms with Crippen molar-refractivity contribution >= 4 is 5.97 Å². The summed E-state index contributed by atoms with van der Waals surface area (Å²) in [6.45, 7) is 3.57. The van der Waals surface area contributed by atoms with Crippen molar-refractivity contribution in [1.29, 1.82) is 0 Å². The first kappa shape index (κ1) is 7.47. The highest BCUT2D eigenvalue weighted by molar-refractivity contribution is 5.66. The molecule has 2 radical (unpaired) electrons. The molecular weight excluding hydrogens is 104 g/mol. The predicted molar refractivity (Wildman–Crippen MR) is 29.5 cm³/mol. The Hall–Kier alpha value is -0.530. The van der Waals surface area contributed by atoms with E-state index in [0.29, 0.717) is 6.42 Å². The molecule has 0 spiro atoms. The van der Waals surface area contributed by atoms with Crippen LogP contribution in [0.3, 0.4) is 0 Å². The topological polar surface area (TPSA) is 37.0 Å². The fourth-order valence-electron chi connectivity index (χ4n) is 0.446. The number of hydrogen-bond donors (Lipinski definition) is 0. The monoisotopic (exact) mass is 114 g/mol. The highest BCUT2D eigenvalue weighted by Gasteiger charge is 1.95. The van der Waals surface area contributed by atoms with Crippen molar-refractivity contribution in [3.8, 4) is 0 Å². The van der Waals surface area contributed by atoms with E-state index in [0.717, 1.165) is 12.8 Å². The maximum Gasteiger partial charge on any atom is 0.355 e. The molecule has 0 unspecified atom stereocenters. The summed E-state index contributed by atoms with van der Waals surface area (Å²) in [7, 11) is 0. The number of carbonyl (C=O) groups is 1. The van der Waals surface area contributed by atoms with Crippen LogP contribution in [0.1, 0.15) is 25.7 Å². The molecule has 0 aromatic heterocycles. The van der Waals surface area contributed by atoms with Crippen LogP contribution < -0.4 is 0 Å². The van der Waals surface area contributed by atoms with Crippen molar-refractivity contribution in [2.75, 3.05) is 0 Å². The van der Waals surface area contributed by atoms with E-state index in [9.17, 15) is 9.90 Å². The molecule has 0 saturated heterocycles. The van der Waals surface area contributed by atoms with Gasteiger partial charge in [-0.05, 0) is 6.42 Å². The fraction of sp³-hybridized carbons (Fsp3) is 0.667. The third kappa shape index (κ3) is 5.47. The van der Waals surface area contributed by atoms with Gasteiger partial charge in [0.05, 0.1) is 6.42 Å². The van der Waals surface area contributed by atoms with E-state index in [4.69, 9.17) is 0 Å². The van der Waals surface area contributed by atoms with Gasteiger partial charge in [0.2, 0.25) is 0 Å². The van der Waals surface area contributed by atoms with E-state index in [2.05, 4.69) is 6.92 Å². The Morgan fingerprint density at radius 1 is 1.38 bits per heavy atom. The van der Waals surface area contributed by atoms with Crippen molar-refractivity contribution < 1.29 is 9.90 Å².